The molecule has 168 valence electrons. The number of carbonyl (C=O) groups is 1. The predicted molar refractivity (Wildman–Crippen MR) is 133 cm³/mol. The van der Waals surface area contributed by atoms with Crippen LogP contribution in [0, 0.1) is 5.92 Å². The Kier molecular flexibility index (Phi) is 11.3. The second-order valence-corrected chi connectivity index (χ2v) is 7.70. The second-order valence-electron chi connectivity index (χ2n) is 7.70. The summed E-state index contributed by atoms with van der Waals surface area (Å²) in [6.45, 7) is 8.65. The fourth-order valence-corrected chi connectivity index (χ4v) is 3.36. The lowest BCUT2D eigenvalue weighted by atomic mass is 10.2. The molecule has 8 heteroatoms. The summed E-state index contributed by atoms with van der Waals surface area (Å²) >= 11 is 0. The van der Waals surface area contributed by atoms with E-state index in [1.165, 1.54) is 18.5 Å². The number of anilines is 1. The van der Waals surface area contributed by atoms with Gasteiger partial charge in [0, 0.05) is 58.2 Å². The van der Waals surface area contributed by atoms with Gasteiger partial charge in [-0.15, -0.1) is 24.0 Å². The average molecular weight is 529 g/mol. The molecule has 0 radical (unpaired) electrons. The van der Waals surface area contributed by atoms with E-state index >= 15 is 0 Å². The highest BCUT2D eigenvalue weighted by atomic mass is 127. The number of carbonyl (C=O) groups excluding carboxylic acids is 1. The van der Waals surface area contributed by atoms with Gasteiger partial charge in [0.2, 0.25) is 5.91 Å². The van der Waals surface area contributed by atoms with E-state index in [0.717, 1.165) is 64.8 Å². The van der Waals surface area contributed by atoms with Gasteiger partial charge in [-0.25, -0.2) is 4.99 Å². The number of rotatable bonds is 10. The number of para-hydroxylation sites is 1. The van der Waals surface area contributed by atoms with Crippen LogP contribution >= 0.6 is 24.0 Å². The van der Waals surface area contributed by atoms with Crippen LogP contribution < -0.4 is 15.5 Å². The van der Waals surface area contributed by atoms with Gasteiger partial charge in [0.1, 0.15) is 6.54 Å². The fourth-order valence-electron chi connectivity index (χ4n) is 3.36. The van der Waals surface area contributed by atoms with Crippen molar-refractivity contribution in [2.75, 3.05) is 63.9 Å². The van der Waals surface area contributed by atoms with Crippen molar-refractivity contribution in [3.05, 3.63) is 30.3 Å². The number of aliphatic imine (C=N–C) groups is 1. The number of nitrogens with zero attached hydrogens (tertiary/aromatic N) is 3. The molecule has 1 heterocycles. The van der Waals surface area contributed by atoms with Gasteiger partial charge >= 0.3 is 0 Å². The van der Waals surface area contributed by atoms with E-state index in [-0.39, 0.29) is 36.4 Å². The van der Waals surface area contributed by atoms with Crippen LogP contribution in [0.1, 0.15) is 26.2 Å². The first-order chi connectivity index (χ1) is 14.3. The molecule has 30 heavy (non-hydrogen) atoms. The lowest BCUT2D eigenvalue weighted by Gasteiger charge is -2.36. The Morgan fingerprint density at radius 3 is 2.53 bits per heavy atom. The Hall–Kier alpha value is -1.55. The number of hydrogen-bond acceptors (Lipinski definition) is 4. The summed E-state index contributed by atoms with van der Waals surface area (Å²) in [5.74, 6) is 1.59. The minimum absolute atomic E-state index is 0. The number of piperazine rings is 1. The highest BCUT2D eigenvalue weighted by Crippen LogP contribution is 2.28. The van der Waals surface area contributed by atoms with Crippen LogP contribution in [0.5, 0.6) is 0 Å². The molecular formula is C22H36IN5O2. The van der Waals surface area contributed by atoms with Gasteiger partial charge in [0.25, 0.3) is 0 Å². The standard InChI is InChI=1S/C22H35N5O2.HI/c1-2-23-22(24-11-6-16-29-18-19-9-10-19)25-17-21(28)27-14-12-26(13-15-27)20-7-4-3-5-8-20;/h3-5,7-8,19H,2,6,9-18H2,1H3,(H2,23,24,25);1H. The van der Waals surface area contributed by atoms with Gasteiger partial charge in [-0.05, 0) is 44.2 Å². The van der Waals surface area contributed by atoms with Gasteiger partial charge < -0.3 is 25.2 Å². The van der Waals surface area contributed by atoms with E-state index in [1.54, 1.807) is 0 Å². The van der Waals surface area contributed by atoms with E-state index in [2.05, 4.69) is 44.8 Å². The zero-order valence-corrected chi connectivity index (χ0v) is 20.3. The smallest absolute Gasteiger partial charge is 0.244 e. The van der Waals surface area contributed by atoms with E-state index in [1.807, 2.05) is 17.9 Å². The molecule has 0 atom stereocenters. The van der Waals surface area contributed by atoms with Crippen LogP contribution in [-0.2, 0) is 9.53 Å². The maximum atomic E-state index is 12.6. The van der Waals surface area contributed by atoms with E-state index < -0.39 is 0 Å². The Morgan fingerprint density at radius 1 is 1.13 bits per heavy atom. The number of amides is 1. The Morgan fingerprint density at radius 2 is 1.87 bits per heavy atom. The van der Waals surface area contributed by atoms with Crippen LogP contribution in [0.15, 0.2) is 35.3 Å². The van der Waals surface area contributed by atoms with Crippen molar-refractivity contribution in [3.8, 4) is 0 Å². The summed E-state index contributed by atoms with van der Waals surface area (Å²) in [7, 11) is 0. The second kappa shape index (κ2) is 13.7. The molecule has 0 aromatic heterocycles. The molecule has 1 aromatic carbocycles. The summed E-state index contributed by atoms with van der Waals surface area (Å²) in [5.41, 5.74) is 1.22. The Balaban J connectivity index is 0.00000320. The first-order valence-electron chi connectivity index (χ1n) is 10.9. The fraction of sp³-hybridized carbons (Fsp3) is 0.636. The van der Waals surface area contributed by atoms with Crippen molar-refractivity contribution in [1.82, 2.24) is 15.5 Å². The average Bonchev–Trinajstić information content (AvgIpc) is 3.59. The molecule has 1 aromatic rings. The molecular weight excluding hydrogens is 493 g/mol. The first kappa shape index (κ1) is 24.7. The van der Waals surface area contributed by atoms with Crippen LogP contribution in [0.3, 0.4) is 0 Å². The minimum atomic E-state index is 0. The molecule has 7 nitrogen and oxygen atoms in total. The molecule has 2 fully saturated rings. The van der Waals surface area contributed by atoms with Crippen molar-refractivity contribution in [2.24, 2.45) is 10.9 Å². The lowest BCUT2D eigenvalue weighted by Crippen LogP contribution is -2.49. The summed E-state index contributed by atoms with van der Waals surface area (Å²) < 4.78 is 5.65. The molecule has 1 amide bonds. The van der Waals surface area contributed by atoms with Gasteiger partial charge in [0.15, 0.2) is 5.96 Å². The molecule has 2 aliphatic rings. The van der Waals surface area contributed by atoms with Crippen LogP contribution in [0.2, 0.25) is 0 Å². The van der Waals surface area contributed by atoms with Crippen molar-refractivity contribution in [1.29, 1.82) is 0 Å². The third-order valence-corrected chi connectivity index (χ3v) is 5.28. The van der Waals surface area contributed by atoms with Crippen LogP contribution in [-0.4, -0.2) is 75.8 Å². The number of benzene rings is 1. The maximum absolute atomic E-state index is 12.6. The number of halogens is 1. The Bertz CT molecular complexity index is 646. The molecule has 1 saturated heterocycles. The van der Waals surface area contributed by atoms with Gasteiger partial charge in [0.05, 0.1) is 0 Å². The SMILES string of the molecule is CCNC(=NCC(=O)N1CCN(c2ccccc2)CC1)NCCCOCC1CC1.I. The quantitative estimate of drug-likeness (QED) is 0.211. The lowest BCUT2D eigenvalue weighted by molar-refractivity contribution is -0.129. The zero-order valence-electron chi connectivity index (χ0n) is 18.0. The third-order valence-electron chi connectivity index (χ3n) is 5.28. The highest BCUT2D eigenvalue weighted by Gasteiger charge is 2.21. The number of ether oxygens (including phenoxy) is 1. The topological polar surface area (TPSA) is 69.2 Å². The minimum Gasteiger partial charge on any atom is -0.381 e. The molecule has 1 aliphatic heterocycles. The van der Waals surface area contributed by atoms with Crippen molar-refractivity contribution < 1.29 is 9.53 Å². The van der Waals surface area contributed by atoms with Gasteiger partial charge in [-0.1, -0.05) is 18.2 Å². The molecule has 3 rings (SSSR count). The van der Waals surface area contributed by atoms with Crippen LogP contribution in [0.4, 0.5) is 5.69 Å². The van der Waals surface area contributed by atoms with Crippen molar-refractivity contribution in [2.45, 2.75) is 26.2 Å². The van der Waals surface area contributed by atoms with Crippen LogP contribution in [0.25, 0.3) is 0 Å². The van der Waals surface area contributed by atoms with E-state index in [4.69, 9.17) is 4.74 Å². The first-order valence-corrected chi connectivity index (χ1v) is 10.9. The molecule has 1 aliphatic carbocycles. The largest absolute Gasteiger partial charge is 0.381 e. The summed E-state index contributed by atoms with van der Waals surface area (Å²) in [6, 6.07) is 10.4. The number of nitrogens with one attached hydrogen (secondary N) is 2. The third kappa shape index (κ3) is 8.67. The Labute approximate surface area is 197 Å². The van der Waals surface area contributed by atoms with E-state index in [9.17, 15) is 4.79 Å². The normalized spacial score (nSPS) is 16.8. The van der Waals surface area contributed by atoms with E-state index in [0.29, 0.717) is 5.96 Å². The molecule has 1 saturated carbocycles. The van der Waals surface area contributed by atoms with Gasteiger partial charge in [-0.3, -0.25) is 4.79 Å². The summed E-state index contributed by atoms with van der Waals surface area (Å²) in [4.78, 5) is 21.3. The highest BCUT2D eigenvalue weighted by molar-refractivity contribution is 14.0. The molecule has 0 unspecified atom stereocenters. The summed E-state index contributed by atoms with van der Waals surface area (Å²) in [6.07, 6.45) is 3.59. The monoisotopic (exact) mass is 529 g/mol. The number of guanidine groups is 1. The summed E-state index contributed by atoms with van der Waals surface area (Å²) in [5, 5.41) is 6.50. The molecule has 0 spiro atoms. The zero-order chi connectivity index (χ0) is 20.3. The van der Waals surface area contributed by atoms with Crippen molar-refractivity contribution in [3.63, 3.8) is 0 Å². The maximum Gasteiger partial charge on any atom is 0.244 e. The molecule has 0 bridgehead atoms. The molecule has 2 N–H and O–H groups in total. The van der Waals surface area contributed by atoms with Gasteiger partial charge in [-0.2, -0.15) is 0 Å². The number of hydrogen-bond donors (Lipinski definition) is 2. The van der Waals surface area contributed by atoms with Crippen molar-refractivity contribution >= 4 is 41.5 Å². The predicted octanol–water partition coefficient (Wildman–Crippen LogP) is 2.32.